The molecule has 0 radical (unpaired) electrons. The Morgan fingerprint density at radius 3 is 2.85 bits per heavy atom. The first-order valence-electron chi connectivity index (χ1n) is 5.36. The third-order valence-electron chi connectivity index (χ3n) is 3.47. The van der Waals surface area contributed by atoms with Crippen molar-refractivity contribution in [3.05, 3.63) is 0 Å². The van der Waals surface area contributed by atoms with E-state index in [-0.39, 0.29) is 5.54 Å². The molecule has 1 aliphatic carbocycles. The van der Waals surface area contributed by atoms with Gasteiger partial charge in [0.05, 0.1) is 6.61 Å². The van der Waals surface area contributed by atoms with Crippen LogP contribution in [0.15, 0.2) is 0 Å². The Balaban J connectivity index is 2.52. The third kappa shape index (κ3) is 2.68. The summed E-state index contributed by atoms with van der Waals surface area (Å²) in [7, 11) is 1.76. The lowest BCUT2D eigenvalue weighted by atomic mass is 9.71. The maximum Gasteiger partial charge on any atom is 0.0505 e. The molecule has 0 aliphatic heterocycles. The number of hydrogen-bond donors (Lipinski definition) is 1. The normalized spacial score (nSPS) is 37.4. The fraction of sp³-hybridized carbons (Fsp3) is 1.00. The van der Waals surface area contributed by atoms with Crippen molar-refractivity contribution >= 4 is 0 Å². The van der Waals surface area contributed by atoms with Gasteiger partial charge in [0.2, 0.25) is 0 Å². The summed E-state index contributed by atoms with van der Waals surface area (Å²) in [6.45, 7) is 5.31. The molecule has 0 amide bonds. The van der Waals surface area contributed by atoms with Crippen molar-refractivity contribution in [3.8, 4) is 0 Å². The van der Waals surface area contributed by atoms with Gasteiger partial charge in [-0.3, -0.25) is 0 Å². The molecule has 0 heterocycles. The van der Waals surface area contributed by atoms with Crippen molar-refractivity contribution in [2.24, 2.45) is 17.6 Å². The number of hydrogen-bond acceptors (Lipinski definition) is 2. The van der Waals surface area contributed by atoms with Gasteiger partial charge < -0.3 is 10.5 Å². The smallest absolute Gasteiger partial charge is 0.0505 e. The maximum atomic E-state index is 6.40. The molecule has 2 nitrogen and oxygen atoms in total. The van der Waals surface area contributed by atoms with Gasteiger partial charge in [-0.25, -0.2) is 0 Å². The van der Waals surface area contributed by atoms with E-state index in [4.69, 9.17) is 10.5 Å². The molecule has 13 heavy (non-hydrogen) atoms. The Kier molecular flexibility index (Phi) is 3.74. The van der Waals surface area contributed by atoms with Crippen molar-refractivity contribution in [1.29, 1.82) is 0 Å². The van der Waals surface area contributed by atoms with Crippen molar-refractivity contribution in [2.45, 2.75) is 45.1 Å². The molecule has 0 aromatic heterocycles. The molecule has 2 N–H and O–H groups in total. The zero-order chi connectivity index (χ0) is 9.90. The van der Waals surface area contributed by atoms with Crippen LogP contribution in [-0.2, 0) is 4.74 Å². The van der Waals surface area contributed by atoms with Crippen molar-refractivity contribution in [2.75, 3.05) is 13.7 Å². The highest BCUT2D eigenvalue weighted by atomic mass is 16.5. The van der Waals surface area contributed by atoms with Gasteiger partial charge in [-0.2, -0.15) is 0 Å². The highest BCUT2D eigenvalue weighted by Gasteiger charge is 2.35. The summed E-state index contributed by atoms with van der Waals surface area (Å²) in [6.07, 6.45) is 4.96. The van der Waals surface area contributed by atoms with Crippen LogP contribution >= 0.6 is 0 Å². The van der Waals surface area contributed by atoms with Crippen LogP contribution in [0.5, 0.6) is 0 Å². The molecular formula is C11H23NO. The Morgan fingerprint density at radius 2 is 2.31 bits per heavy atom. The number of ether oxygens (including phenoxy) is 1. The van der Waals surface area contributed by atoms with Gasteiger partial charge in [-0.05, 0) is 24.7 Å². The minimum Gasteiger partial charge on any atom is -0.384 e. The number of rotatable bonds is 3. The third-order valence-corrected chi connectivity index (χ3v) is 3.47. The maximum absolute atomic E-state index is 6.40. The van der Waals surface area contributed by atoms with Crippen molar-refractivity contribution in [1.82, 2.24) is 0 Å². The second kappa shape index (κ2) is 4.43. The first-order valence-corrected chi connectivity index (χ1v) is 5.36. The van der Waals surface area contributed by atoms with Crippen molar-refractivity contribution < 1.29 is 4.74 Å². The molecule has 0 saturated heterocycles. The standard InChI is InChI=1S/C11H23NO/c1-9-5-4-6-11(12,7-9)10(2)8-13-3/h9-10H,4-8,12H2,1-3H3. The van der Waals surface area contributed by atoms with Crippen LogP contribution in [0.2, 0.25) is 0 Å². The van der Waals surface area contributed by atoms with Gasteiger partial charge in [0.1, 0.15) is 0 Å². The van der Waals surface area contributed by atoms with Gasteiger partial charge in [0.25, 0.3) is 0 Å². The number of methoxy groups -OCH3 is 1. The monoisotopic (exact) mass is 185 g/mol. The van der Waals surface area contributed by atoms with Crippen LogP contribution in [0.4, 0.5) is 0 Å². The fourth-order valence-corrected chi connectivity index (χ4v) is 2.50. The Morgan fingerprint density at radius 1 is 1.62 bits per heavy atom. The minimum atomic E-state index is 0.0354. The van der Waals surface area contributed by atoms with Crippen LogP contribution in [0, 0.1) is 11.8 Å². The Hall–Kier alpha value is -0.0800. The van der Waals surface area contributed by atoms with Crippen LogP contribution in [0.1, 0.15) is 39.5 Å². The Labute approximate surface area is 81.8 Å². The van der Waals surface area contributed by atoms with E-state index in [1.54, 1.807) is 7.11 Å². The summed E-state index contributed by atoms with van der Waals surface area (Å²) in [5.74, 6) is 1.28. The average molecular weight is 185 g/mol. The van der Waals surface area contributed by atoms with Gasteiger partial charge in [0.15, 0.2) is 0 Å². The molecule has 0 spiro atoms. The molecule has 78 valence electrons. The van der Waals surface area contributed by atoms with E-state index < -0.39 is 0 Å². The van der Waals surface area contributed by atoms with Crippen LogP contribution in [-0.4, -0.2) is 19.3 Å². The van der Waals surface area contributed by atoms with Gasteiger partial charge in [0, 0.05) is 12.6 Å². The second-order valence-corrected chi connectivity index (χ2v) is 4.79. The topological polar surface area (TPSA) is 35.2 Å². The minimum absolute atomic E-state index is 0.0354. The molecule has 1 aliphatic rings. The van der Waals surface area contributed by atoms with E-state index in [2.05, 4.69) is 13.8 Å². The van der Waals surface area contributed by atoms with Gasteiger partial charge in [-0.15, -0.1) is 0 Å². The van der Waals surface area contributed by atoms with Crippen molar-refractivity contribution in [3.63, 3.8) is 0 Å². The molecule has 0 bridgehead atoms. The van der Waals surface area contributed by atoms with Gasteiger partial charge in [-0.1, -0.05) is 26.7 Å². The lowest BCUT2D eigenvalue weighted by Crippen LogP contribution is -2.50. The molecule has 3 unspecified atom stereocenters. The first kappa shape index (κ1) is 11.0. The fourth-order valence-electron chi connectivity index (χ4n) is 2.50. The van der Waals surface area contributed by atoms with E-state index in [1.165, 1.54) is 19.3 Å². The zero-order valence-corrected chi connectivity index (χ0v) is 9.18. The molecule has 3 atom stereocenters. The summed E-state index contributed by atoms with van der Waals surface area (Å²) in [5.41, 5.74) is 6.43. The average Bonchev–Trinajstić information content (AvgIpc) is 2.04. The molecule has 1 saturated carbocycles. The van der Waals surface area contributed by atoms with Crippen LogP contribution in [0.3, 0.4) is 0 Å². The predicted octanol–water partition coefficient (Wildman–Crippen LogP) is 2.18. The molecular weight excluding hydrogens is 162 g/mol. The summed E-state index contributed by atoms with van der Waals surface area (Å²) in [4.78, 5) is 0. The summed E-state index contributed by atoms with van der Waals surface area (Å²) in [6, 6.07) is 0. The molecule has 1 fully saturated rings. The molecule has 0 aromatic carbocycles. The lowest BCUT2D eigenvalue weighted by molar-refractivity contribution is 0.0832. The van der Waals surface area contributed by atoms with Gasteiger partial charge >= 0.3 is 0 Å². The SMILES string of the molecule is COCC(C)C1(N)CCCC(C)C1. The van der Waals surface area contributed by atoms with E-state index in [9.17, 15) is 0 Å². The Bertz CT molecular complexity index is 160. The quantitative estimate of drug-likeness (QED) is 0.731. The molecule has 0 aromatic rings. The molecule has 1 rings (SSSR count). The highest BCUT2D eigenvalue weighted by Crippen LogP contribution is 2.35. The van der Waals surface area contributed by atoms with Crippen LogP contribution in [0.25, 0.3) is 0 Å². The largest absolute Gasteiger partial charge is 0.384 e. The van der Waals surface area contributed by atoms with E-state index in [1.807, 2.05) is 0 Å². The lowest BCUT2D eigenvalue weighted by Gasteiger charge is -2.41. The summed E-state index contributed by atoms with van der Waals surface area (Å²) in [5, 5.41) is 0. The second-order valence-electron chi connectivity index (χ2n) is 4.79. The van der Waals surface area contributed by atoms with E-state index >= 15 is 0 Å². The van der Waals surface area contributed by atoms with Crippen LogP contribution < -0.4 is 5.73 Å². The molecule has 2 heteroatoms. The highest BCUT2D eigenvalue weighted by molar-refractivity contribution is 4.93. The summed E-state index contributed by atoms with van der Waals surface area (Å²) >= 11 is 0. The number of nitrogens with two attached hydrogens (primary N) is 1. The zero-order valence-electron chi connectivity index (χ0n) is 9.18. The first-order chi connectivity index (χ1) is 6.08. The summed E-state index contributed by atoms with van der Waals surface area (Å²) < 4.78 is 5.18. The van der Waals surface area contributed by atoms with E-state index in [0.717, 1.165) is 18.9 Å². The van der Waals surface area contributed by atoms with E-state index in [0.29, 0.717) is 5.92 Å². The predicted molar refractivity (Wildman–Crippen MR) is 55.6 cm³/mol.